The Morgan fingerprint density at radius 3 is 1.59 bits per heavy atom. The first-order chi connectivity index (χ1) is 14.2. The third-order valence-corrected chi connectivity index (χ3v) is 7.92. The van der Waals surface area contributed by atoms with Gasteiger partial charge in [0.2, 0.25) is 0 Å². The van der Waals surface area contributed by atoms with E-state index in [1.165, 1.54) is 0 Å². The summed E-state index contributed by atoms with van der Waals surface area (Å²) in [6.45, 7) is 0. The zero-order valence-corrected chi connectivity index (χ0v) is 18.2. The van der Waals surface area contributed by atoms with Crippen molar-refractivity contribution >= 4 is 33.9 Å². The van der Waals surface area contributed by atoms with Crippen LogP contribution < -0.4 is 10.6 Å². The lowest BCUT2D eigenvalue weighted by atomic mass is 10.0. The Balaban J connectivity index is 1.88. The minimum Gasteiger partial charge on any atom is -0.309 e. The third kappa shape index (κ3) is 4.28. The van der Waals surface area contributed by atoms with Gasteiger partial charge in [-0.2, -0.15) is 0 Å². The van der Waals surface area contributed by atoms with Gasteiger partial charge < -0.3 is 4.52 Å². The fourth-order valence-electron chi connectivity index (χ4n) is 3.28. The first-order valence-corrected chi connectivity index (χ1v) is 11.8. The van der Waals surface area contributed by atoms with Crippen LogP contribution >= 0.6 is 23.3 Å². The van der Waals surface area contributed by atoms with Crippen molar-refractivity contribution < 1.29 is 9.09 Å². The molecule has 4 aromatic carbocycles. The average Bonchev–Trinajstić information content (AvgIpc) is 2.80. The molecule has 1 unspecified atom stereocenters. The Morgan fingerprint density at radius 2 is 1.07 bits per heavy atom. The number of hydrogen-bond acceptors (Lipinski definition) is 2. The van der Waals surface area contributed by atoms with E-state index in [0.717, 1.165) is 15.6 Å². The monoisotopic (exact) mass is 462 g/mol. The van der Waals surface area contributed by atoms with Gasteiger partial charge in [0.05, 0.1) is 0 Å². The molecule has 4 heteroatoms. The number of halogens is 1. The van der Waals surface area contributed by atoms with Crippen molar-refractivity contribution in [2.24, 2.45) is 0 Å². The molecule has 0 saturated heterocycles. The van der Waals surface area contributed by atoms with Gasteiger partial charge in [-0.05, 0) is 41.5 Å². The van der Waals surface area contributed by atoms with Crippen LogP contribution in [0, 0.1) is 0 Å². The summed E-state index contributed by atoms with van der Waals surface area (Å²) in [6.07, 6.45) is -0.488. The second kappa shape index (κ2) is 8.92. The van der Waals surface area contributed by atoms with E-state index in [-0.39, 0.29) is 0 Å². The van der Waals surface area contributed by atoms with Crippen LogP contribution in [-0.4, -0.2) is 0 Å². The van der Waals surface area contributed by atoms with Crippen LogP contribution in [0.4, 0.5) is 0 Å². The van der Waals surface area contributed by atoms with E-state index in [9.17, 15) is 4.57 Å². The predicted molar refractivity (Wildman–Crippen MR) is 123 cm³/mol. The maximum absolute atomic E-state index is 14.4. The summed E-state index contributed by atoms with van der Waals surface area (Å²) in [5, 5.41) is 1.36. The van der Waals surface area contributed by atoms with E-state index in [1.807, 2.05) is 115 Å². The average molecular weight is 463 g/mol. The molecule has 0 fully saturated rings. The molecule has 144 valence electrons. The number of rotatable bonds is 6. The standard InChI is InChI=1S/C25H20BrO2P/c26-24-19-11-10-18-23(24)25(20-12-4-1-5-13-20)28-29(27,21-14-6-2-7-15-21)22-16-8-3-9-17-22/h1-19,25H. The molecule has 1 atom stereocenters. The molecule has 0 amide bonds. The predicted octanol–water partition coefficient (Wildman–Crippen LogP) is 6.48. The smallest absolute Gasteiger partial charge is 0.262 e. The second-order valence-electron chi connectivity index (χ2n) is 6.64. The van der Waals surface area contributed by atoms with E-state index in [1.54, 1.807) is 0 Å². The van der Waals surface area contributed by atoms with Crippen LogP contribution in [-0.2, 0) is 9.09 Å². The highest BCUT2D eigenvalue weighted by molar-refractivity contribution is 9.10. The largest absolute Gasteiger partial charge is 0.309 e. The zero-order chi connectivity index (χ0) is 20.1. The van der Waals surface area contributed by atoms with Crippen molar-refractivity contribution in [1.82, 2.24) is 0 Å². The highest BCUT2D eigenvalue weighted by Crippen LogP contribution is 2.51. The summed E-state index contributed by atoms with van der Waals surface area (Å²) in [6, 6.07) is 36.7. The molecule has 0 aliphatic rings. The highest BCUT2D eigenvalue weighted by atomic mass is 79.9. The Labute approximate surface area is 179 Å². The molecule has 29 heavy (non-hydrogen) atoms. The molecule has 0 aliphatic heterocycles. The molecule has 0 spiro atoms. The molecule has 0 N–H and O–H groups in total. The van der Waals surface area contributed by atoms with Crippen LogP contribution in [0.5, 0.6) is 0 Å². The van der Waals surface area contributed by atoms with E-state index < -0.39 is 13.5 Å². The summed E-state index contributed by atoms with van der Waals surface area (Å²) in [7, 11) is -3.35. The molecule has 0 heterocycles. The molecule has 0 aliphatic carbocycles. The van der Waals surface area contributed by atoms with Gasteiger partial charge in [-0.3, -0.25) is 4.57 Å². The maximum Gasteiger partial charge on any atom is 0.262 e. The van der Waals surface area contributed by atoms with Gasteiger partial charge >= 0.3 is 0 Å². The molecule has 0 bridgehead atoms. The Morgan fingerprint density at radius 1 is 0.621 bits per heavy atom. The maximum atomic E-state index is 14.4. The second-order valence-corrected chi connectivity index (χ2v) is 9.84. The molecule has 4 aromatic rings. The van der Waals surface area contributed by atoms with Crippen LogP contribution in [0.2, 0.25) is 0 Å². The Kier molecular flexibility index (Phi) is 6.10. The zero-order valence-electron chi connectivity index (χ0n) is 15.7. The van der Waals surface area contributed by atoms with Crippen LogP contribution in [0.15, 0.2) is 120 Å². The SMILES string of the molecule is O=P(OC(c1ccccc1)c1ccccc1Br)(c1ccccc1)c1ccccc1. The fourth-order valence-corrected chi connectivity index (χ4v) is 5.98. The fraction of sp³-hybridized carbons (Fsp3) is 0.0400. The molecule has 2 nitrogen and oxygen atoms in total. The van der Waals surface area contributed by atoms with Crippen LogP contribution in [0.3, 0.4) is 0 Å². The summed E-state index contributed by atoms with van der Waals surface area (Å²) < 4.78 is 22.0. The van der Waals surface area contributed by atoms with E-state index in [0.29, 0.717) is 10.6 Å². The van der Waals surface area contributed by atoms with Crippen LogP contribution in [0.1, 0.15) is 17.2 Å². The number of benzene rings is 4. The molecular formula is C25H20BrO2P. The lowest BCUT2D eigenvalue weighted by Gasteiger charge is -2.27. The lowest BCUT2D eigenvalue weighted by molar-refractivity contribution is 0.258. The minimum atomic E-state index is -3.35. The Hall–Kier alpha value is -2.45. The van der Waals surface area contributed by atoms with Gasteiger partial charge in [0.1, 0.15) is 6.10 Å². The van der Waals surface area contributed by atoms with Gasteiger partial charge in [0.25, 0.3) is 7.37 Å². The van der Waals surface area contributed by atoms with E-state index in [2.05, 4.69) is 15.9 Å². The number of hydrogen-bond donors (Lipinski definition) is 0. The van der Waals surface area contributed by atoms with E-state index >= 15 is 0 Å². The van der Waals surface area contributed by atoms with Gasteiger partial charge in [0.15, 0.2) is 0 Å². The van der Waals surface area contributed by atoms with Crippen LogP contribution in [0.25, 0.3) is 0 Å². The first kappa shape index (κ1) is 19.8. The van der Waals surface area contributed by atoms with Crippen molar-refractivity contribution in [3.05, 3.63) is 131 Å². The first-order valence-electron chi connectivity index (χ1n) is 9.37. The topological polar surface area (TPSA) is 26.3 Å². The lowest BCUT2D eigenvalue weighted by Crippen LogP contribution is -2.20. The third-order valence-electron chi connectivity index (χ3n) is 4.74. The quantitative estimate of drug-likeness (QED) is 0.306. The molecule has 0 aromatic heterocycles. The van der Waals surface area contributed by atoms with Gasteiger partial charge in [-0.1, -0.05) is 101 Å². The van der Waals surface area contributed by atoms with Crippen molar-refractivity contribution in [2.45, 2.75) is 6.10 Å². The molecular weight excluding hydrogens is 443 g/mol. The summed E-state index contributed by atoms with van der Waals surface area (Å²) in [4.78, 5) is 0. The van der Waals surface area contributed by atoms with Crippen molar-refractivity contribution in [3.63, 3.8) is 0 Å². The van der Waals surface area contributed by atoms with Crippen molar-refractivity contribution in [1.29, 1.82) is 0 Å². The summed E-state index contributed by atoms with van der Waals surface area (Å²) in [5.74, 6) is 0. The van der Waals surface area contributed by atoms with Crippen molar-refractivity contribution in [2.75, 3.05) is 0 Å². The highest BCUT2D eigenvalue weighted by Gasteiger charge is 2.33. The van der Waals surface area contributed by atoms with Gasteiger partial charge in [-0.15, -0.1) is 0 Å². The van der Waals surface area contributed by atoms with Gasteiger partial charge in [-0.25, -0.2) is 0 Å². The molecule has 0 saturated carbocycles. The normalized spacial score (nSPS) is 12.4. The summed E-state index contributed by atoms with van der Waals surface area (Å²) >= 11 is 3.64. The molecule has 4 rings (SSSR count). The Bertz CT molecular complexity index is 1070. The summed E-state index contributed by atoms with van der Waals surface area (Å²) in [5.41, 5.74) is 1.89. The molecule has 0 radical (unpaired) electrons. The van der Waals surface area contributed by atoms with E-state index in [4.69, 9.17) is 4.52 Å². The minimum absolute atomic E-state index is 0.488. The van der Waals surface area contributed by atoms with Gasteiger partial charge in [0, 0.05) is 15.1 Å². The van der Waals surface area contributed by atoms with Crippen molar-refractivity contribution in [3.8, 4) is 0 Å².